The zero-order valence-electron chi connectivity index (χ0n) is 4.15. The summed E-state index contributed by atoms with van der Waals surface area (Å²) in [4.78, 5) is 10.2. The second-order valence-electron chi connectivity index (χ2n) is 2.12. The third-order valence-electron chi connectivity index (χ3n) is 1.40. The first-order chi connectivity index (χ1) is 3.22. The van der Waals surface area contributed by atoms with Gasteiger partial charge >= 0.3 is 0 Å². The van der Waals surface area contributed by atoms with Gasteiger partial charge in [0.05, 0.1) is 0 Å². The molecule has 1 saturated carbocycles. The first kappa shape index (κ1) is 5.10. The molecule has 1 unspecified atom stereocenters. The van der Waals surface area contributed by atoms with E-state index >= 15 is 0 Å². The number of rotatable bonds is 1. The molecule has 2 atom stereocenters. The van der Waals surface area contributed by atoms with Gasteiger partial charge in [-0.25, -0.2) is 0 Å². The highest BCUT2D eigenvalue weighted by Gasteiger charge is 2.37. The topological polar surface area (TPSA) is 17.1 Å². The van der Waals surface area contributed by atoms with E-state index in [1.807, 2.05) is 6.92 Å². The van der Waals surface area contributed by atoms with Gasteiger partial charge in [-0.05, 0) is 23.9 Å². The number of hydrogen-bond donors (Lipinski definition) is 0. The molecule has 7 heavy (non-hydrogen) atoms. The van der Waals surface area contributed by atoms with Crippen molar-refractivity contribution < 1.29 is 4.79 Å². The van der Waals surface area contributed by atoms with Crippen molar-refractivity contribution in [1.29, 1.82) is 0 Å². The van der Waals surface area contributed by atoms with Crippen molar-refractivity contribution in [3.63, 3.8) is 0 Å². The van der Waals surface area contributed by atoms with E-state index < -0.39 is 0 Å². The summed E-state index contributed by atoms with van der Waals surface area (Å²) in [6.45, 7) is 2.03. The van der Waals surface area contributed by atoms with Crippen LogP contribution in [0.5, 0.6) is 0 Å². The number of hydrogen-bond acceptors (Lipinski definition) is 1. The van der Waals surface area contributed by atoms with Gasteiger partial charge in [-0.2, -0.15) is 0 Å². The molecule has 1 aliphatic rings. The van der Waals surface area contributed by atoms with Crippen molar-refractivity contribution in [2.24, 2.45) is 11.8 Å². The highest BCUT2D eigenvalue weighted by atomic mass is 35.5. The van der Waals surface area contributed by atoms with Gasteiger partial charge in [0.15, 0.2) is 0 Å². The van der Waals surface area contributed by atoms with Crippen molar-refractivity contribution in [2.45, 2.75) is 13.3 Å². The van der Waals surface area contributed by atoms with E-state index in [4.69, 9.17) is 11.6 Å². The summed E-state index contributed by atoms with van der Waals surface area (Å²) < 4.78 is 0. The summed E-state index contributed by atoms with van der Waals surface area (Å²) in [7, 11) is 0. The van der Waals surface area contributed by atoms with E-state index in [1.54, 1.807) is 0 Å². The Hall–Kier alpha value is -0.0400. The predicted octanol–water partition coefficient (Wildman–Crippen LogP) is 1.41. The van der Waals surface area contributed by atoms with Crippen molar-refractivity contribution in [3.05, 3.63) is 0 Å². The van der Waals surface area contributed by atoms with Gasteiger partial charge < -0.3 is 0 Å². The van der Waals surface area contributed by atoms with Gasteiger partial charge in [0.25, 0.3) is 0 Å². The van der Waals surface area contributed by atoms with E-state index in [0.29, 0.717) is 5.92 Å². The molecule has 1 fully saturated rings. The molecule has 2 heteroatoms. The Balaban J connectivity index is 2.33. The Morgan fingerprint density at radius 1 is 1.86 bits per heavy atom. The second kappa shape index (κ2) is 1.48. The molecule has 1 aliphatic carbocycles. The van der Waals surface area contributed by atoms with Crippen molar-refractivity contribution in [1.82, 2.24) is 0 Å². The molecule has 0 bridgehead atoms. The Morgan fingerprint density at radius 2 is 2.29 bits per heavy atom. The molecule has 0 saturated heterocycles. The van der Waals surface area contributed by atoms with Gasteiger partial charge in [0.2, 0.25) is 5.24 Å². The van der Waals surface area contributed by atoms with Crippen LogP contribution in [0.3, 0.4) is 0 Å². The fourth-order valence-electron chi connectivity index (χ4n) is 0.638. The van der Waals surface area contributed by atoms with E-state index in [2.05, 4.69) is 0 Å². The van der Waals surface area contributed by atoms with Crippen LogP contribution in [0, 0.1) is 11.8 Å². The van der Waals surface area contributed by atoms with Crippen LogP contribution < -0.4 is 0 Å². The molecule has 0 aromatic heterocycles. The Morgan fingerprint density at radius 3 is 2.29 bits per heavy atom. The fraction of sp³-hybridized carbons (Fsp3) is 0.800. The summed E-state index contributed by atoms with van der Waals surface area (Å²) in [5, 5.41) is -0.160. The molecule has 0 spiro atoms. The largest absolute Gasteiger partial charge is 0.281 e. The van der Waals surface area contributed by atoms with Crippen LogP contribution in [-0.4, -0.2) is 5.24 Å². The van der Waals surface area contributed by atoms with Gasteiger partial charge in [0.1, 0.15) is 0 Å². The first-order valence-corrected chi connectivity index (χ1v) is 2.79. The third-order valence-corrected chi connectivity index (χ3v) is 1.68. The van der Waals surface area contributed by atoms with Crippen LogP contribution in [0.4, 0.5) is 0 Å². The lowest BCUT2D eigenvalue weighted by molar-refractivity contribution is -0.112. The maximum Gasteiger partial charge on any atom is 0.224 e. The minimum Gasteiger partial charge on any atom is -0.281 e. The molecule has 0 N–H and O–H groups in total. The summed E-state index contributed by atoms with van der Waals surface area (Å²) >= 11 is 5.13. The predicted molar refractivity (Wildman–Crippen MR) is 28.1 cm³/mol. The van der Waals surface area contributed by atoms with Crippen molar-refractivity contribution >= 4 is 16.8 Å². The summed E-state index contributed by atoms with van der Waals surface area (Å²) in [5.41, 5.74) is 0. The first-order valence-electron chi connectivity index (χ1n) is 2.41. The second-order valence-corrected chi connectivity index (χ2v) is 2.50. The molecule has 0 radical (unpaired) electrons. The molecule has 0 aromatic rings. The van der Waals surface area contributed by atoms with Crippen LogP contribution in [0.1, 0.15) is 13.3 Å². The molecule has 0 aromatic carbocycles. The van der Waals surface area contributed by atoms with E-state index in [9.17, 15) is 4.79 Å². The summed E-state index contributed by atoms with van der Waals surface area (Å²) in [6.07, 6.45) is 1.00. The smallest absolute Gasteiger partial charge is 0.224 e. The molecule has 0 heterocycles. The van der Waals surface area contributed by atoms with Gasteiger partial charge in [-0.15, -0.1) is 0 Å². The SMILES string of the molecule is CC1C[C@@H]1C(=O)Cl. The quantitative estimate of drug-likeness (QED) is 0.476. The monoisotopic (exact) mass is 118 g/mol. The Bertz CT molecular complexity index is 100. The van der Waals surface area contributed by atoms with Crippen molar-refractivity contribution in [2.75, 3.05) is 0 Å². The van der Waals surface area contributed by atoms with Gasteiger partial charge in [-0.3, -0.25) is 4.79 Å². The molecule has 40 valence electrons. The zero-order chi connectivity index (χ0) is 5.44. The highest BCUT2D eigenvalue weighted by Crippen LogP contribution is 2.39. The minimum absolute atomic E-state index is 0.160. The van der Waals surface area contributed by atoms with Crippen LogP contribution in [0.2, 0.25) is 0 Å². The van der Waals surface area contributed by atoms with Crippen molar-refractivity contribution in [3.8, 4) is 0 Å². The molecular formula is C5H7ClO. The lowest BCUT2D eigenvalue weighted by atomic mass is 10.4. The Kier molecular flexibility index (Phi) is 1.08. The lowest BCUT2D eigenvalue weighted by Gasteiger charge is -1.77. The molecule has 0 amide bonds. The van der Waals surface area contributed by atoms with Gasteiger partial charge in [0, 0.05) is 5.92 Å². The lowest BCUT2D eigenvalue weighted by Crippen LogP contribution is -1.87. The normalized spacial score (nSPS) is 38.0. The summed E-state index contributed by atoms with van der Waals surface area (Å²) in [5.74, 6) is 0.756. The summed E-state index contributed by atoms with van der Waals surface area (Å²) in [6, 6.07) is 0. The molecule has 0 aliphatic heterocycles. The third kappa shape index (κ3) is 0.942. The number of carbonyl (C=O) groups is 1. The number of carbonyl (C=O) groups excluding carboxylic acids is 1. The standard InChI is InChI=1S/C5H7ClO/c1-3-2-4(3)5(6)7/h3-4H,2H2,1H3/t3?,4-/m0/s1. The molecular weight excluding hydrogens is 112 g/mol. The van der Waals surface area contributed by atoms with E-state index in [1.165, 1.54) is 0 Å². The zero-order valence-corrected chi connectivity index (χ0v) is 4.90. The van der Waals surface area contributed by atoms with E-state index in [-0.39, 0.29) is 11.2 Å². The average Bonchev–Trinajstić information content (AvgIpc) is 2.17. The van der Waals surface area contributed by atoms with Crippen LogP contribution in [0.25, 0.3) is 0 Å². The fourth-order valence-corrected chi connectivity index (χ4v) is 0.942. The van der Waals surface area contributed by atoms with Crippen LogP contribution in [0.15, 0.2) is 0 Å². The number of halogens is 1. The maximum absolute atomic E-state index is 10.2. The molecule has 1 rings (SSSR count). The minimum atomic E-state index is -0.160. The Labute approximate surface area is 47.7 Å². The average molecular weight is 119 g/mol. The van der Waals surface area contributed by atoms with Crippen LogP contribution in [-0.2, 0) is 4.79 Å². The maximum atomic E-state index is 10.2. The van der Waals surface area contributed by atoms with Gasteiger partial charge in [-0.1, -0.05) is 6.92 Å². The molecule has 1 nitrogen and oxygen atoms in total. The highest BCUT2D eigenvalue weighted by molar-refractivity contribution is 6.64. The van der Waals surface area contributed by atoms with Crippen LogP contribution >= 0.6 is 11.6 Å². The van der Waals surface area contributed by atoms with E-state index in [0.717, 1.165) is 6.42 Å².